The molecule has 3 aromatic rings. The predicted octanol–water partition coefficient (Wildman–Crippen LogP) is 3.52. The Morgan fingerprint density at radius 2 is 1.68 bits per heavy atom. The number of aromatic nitrogens is 1. The maximum Gasteiger partial charge on any atom is 0.356 e. The third kappa shape index (κ3) is 4.63. The van der Waals surface area contributed by atoms with E-state index < -0.39 is 5.97 Å². The molecule has 28 heavy (non-hydrogen) atoms. The van der Waals surface area contributed by atoms with Gasteiger partial charge in [0.2, 0.25) is 0 Å². The van der Waals surface area contributed by atoms with Gasteiger partial charge in [0, 0.05) is 18.2 Å². The van der Waals surface area contributed by atoms with E-state index in [1.54, 1.807) is 30.5 Å². The molecule has 0 radical (unpaired) electrons. The van der Waals surface area contributed by atoms with Crippen LogP contribution in [0.5, 0.6) is 0 Å². The van der Waals surface area contributed by atoms with Crippen molar-refractivity contribution >= 4 is 34.9 Å². The second-order valence-electron chi connectivity index (χ2n) is 5.99. The maximum atomic E-state index is 12.3. The van der Waals surface area contributed by atoms with Crippen molar-refractivity contribution < 1.29 is 14.3 Å². The minimum Gasteiger partial charge on any atom is -0.464 e. The lowest BCUT2D eigenvalue weighted by Crippen LogP contribution is -2.34. The van der Waals surface area contributed by atoms with Crippen molar-refractivity contribution in [1.82, 2.24) is 10.3 Å². The highest BCUT2D eigenvalue weighted by atomic mass is 32.1. The number of hydrogen-bond donors (Lipinski definition) is 3. The van der Waals surface area contributed by atoms with E-state index in [2.05, 4.69) is 15.6 Å². The molecule has 3 N–H and O–H groups in total. The number of benzene rings is 2. The number of methoxy groups -OCH3 is 1. The molecule has 2 aromatic carbocycles. The summed E-state index contributed by atoms with van der Waals surface area (Å²) in [5.74, 6) is -0.864. The number of amides is 1. The van der Waals surface area contributed by atoms with Crippen molar-refractivity contribution in [2.75, 3.05) is 12.4 Å². The second kappa shape index (κ2) is 8.96. The van der Waals surface area contributed by atoms with E-state index in [0.29, 0.717) is 17.7 Å². The fourth-order valence-electron chi connectivity index (χ4n) is 2.73. The Morgan fingerprint density at radius 1 is 1.04 bits per heavy atom. The molecule has 0 fully saturated rings. The molecular formula is C21H19N3O3S. The molecule has 0 aliphatic heterocycles. The summed E-state index contributed by atoms with van der Waals surface area (Å²) in [6.45, 7) is 0. The van der Waals surface area contributed by atoms with Crippen molar-refractivity contribution in [2.45, 2.75) is 6.42 Å². The lowest BCUT2D eigenvalue weighted by atomic mass is 10.1. The third-order valence-corrected chi connectivity index (χ3v) is 4.29. The van der Waals surface area contributed by atoms with Crippen LogP contribution in [0.2, 0.25) is 0 Å². The van der Waals surface area contributed by atoms with Gasteiger partial charge in [-0.1, -0.05) is 48.5 Å². The first-order valence-corrected chi connectivity index (χ1v) is 8.99. The average molecular weight is 393 g/mol. The lowest BCUT2D eigenvalue weighted by Gasteiger charge is -2.12. The van der Waals surface area contributed by atoms with E-state index in [1.807, 2.05) is 36.4 Å². The first kappa shape index (κ1) is 19.3. The molecular weight excluding hydrogens is 374 g/mol. The van der Waals surface area contributed by atoms with E-state index in [4.69, 9.17) is 17.0 Å². The normalized spacial score (nSPS) is 10.2. The van der Waals surface area contributed by atoms with Crippen LogP contribution in [-0.2, 0) is 11.2 Å². The van der Waals surface area contributed by atoms with Crippen LogP contribution in [0.25, 0.3) is 0 Å². The number of nitrogens with one attached hydrogen (secondary N) is 3. The monoisotopic (exact) mass is 393 g/mol. The molecule has 1 aromatic heterocycles. The Balaban J connectivity index is 1.80. The predicted molar refractivity (Wildman–Crippen MR) is 112 cm³/mol. The molecule has 0 aliphatic carbocycles. The van der Waals surface area contributed by atoms with Gasteiger partial charge in [0.25, 0.3) is 5.91 Å². The third-order valence-electron chi connectivity index (χ3n) is 4.09. The fourth-order valence-corrected chi connectivity index (χ4v) is 2.93. The number of ether oxygens (including phenoxy) is 1. The van der Waals surface area contributed by atoms with Gasteiger partial charge in [-0.05, 0) is 35.5 Å². The van der Waals surface area contributed by atoms with Gasteiger partial charge in [0.05, 0.1) is 12.8 Å². The number of carbonyl (C=O) groups excluding carboxylic acids is 2. The van der Waals surface area contributed by atoms with Gasteiger partial charge in [-0.15, -0.1) is 0 Å². The van der Waals surface area contributed by atoms with E-state index in [1.165, 1.54) is 7.11 Å². The molecule has 0 bridgehead atoms. The van der Waals surface area contributed by atoms with Crippen LogP contribution in [0.15, 0.2) is 66.9 Å². The van der Waals surface area contributed by atoms with Crippen LogP contribution in [-0.4, -0.2) is 29.1 Å². The molecule has 7 heteroatoms. The van der Waals surface area contributed by atoms with Gasteiger partial charge in [-0.25, -0.2) is 4.79 Å². The highest BCUT2D eigenvalue weighted by Crippen LogP contribution is 2.24. The summed E-state index contributed by atoms with van der Waals surface area (Å²) in [4.78, 5) is 27.3. The fraction of sp³-hybridized carbons (Fsp3) is 0.0952. The molecule has 6 nitrogen and oxygen atoms in total. The molecule has 0 unspecified atom stereocenters. The van der Waals surface area contributed by atoms with Gasteiger partial charge < -0.3 is 15.0 Å². The molecule has 0 saturated heterocycles. The van der Waals surface area contributed by atoms with Crippen LogP contribution < -0.4 is 10.6 Å². The number of esters is 1. The van der Waals surface area contributed by atoms with E-state index in [9.17, 15) is 9.59 Å². The largest absolute Gasteiger partial charge is 0.464 e. The SMILES string of the molecule is COC(=O)c1[nH]cc(Cc2ccccc2)c1NC(=S)NC(=O)c1ccccc1. The molecule has 0 spiro atoms. The summed E-state index contributed by atoms with van der Waals surface area (Å²) in [6, 6.07) is 18.6. The molecule has 0 atom stereocenters. The quantitative estimate of drug-likeness (QED) is 0.456. The zero-order chi connectivity index (χ0) is 19.9. The molecule has 0 saturated carbocycles. The zero-order valence-corrected chi connectivity index (χ0v) is 16.0. The van der Waals surface area contributed by atoms with E-state index >= 15 is 0 Å². The number of H-pyrrole nitrogens is 1. The van der Waals surface area contributed by atoms with Crippen LogP contribution in [0.3, 0.4) is 0 Å². The zero-order valence-electron chi connectivity index (χ0n) is 15.2. The minimum absolute atomic E-state index is 0.0907. The standard InChI is InChI=1S/C21H19N3O3S/c1-27-20(26)18-17(16(13-22-18)12-14-8-4-2-5-9-14)23-21(28)24-19(25)15-10-6-3-7-11-15/h2-11,13,22H,12H2,1H3,(H2,23,24,25,28). The summed E-state index contributed by atoms with van der Waals surface area (Å²) in [7, 11) is 1.30. The minimum atomic E-state index is -0.529. The molecule has 1 amide bonds. The number of hydrogen-bond acceptors (Lipinski definition) is 4. The smallest absolute Gasteiger partial charge is 0.356 e. The van der Waals surface area contributed by atoms with Gasteiger partial charge >= 0.3 is 5.97 Å². The van der Waals surface area contributed by atoms with Gasteiger partial charge in [-0.2, -0.15) is 0 Å². The lowest BCUT2D eigenvalue weighted by molar-refractivity contribution is 0.0596. The highest BCUT2D eigenvalue weighted by molar-refractivity contribution is 7.80. The van der Waals surface area contributed by atoms with Crippen LogP contribution in [0.4, 0.5) is 5.69 Å². The van der Waals surface area contributed by atoms with Gasteiger partial charge in [0.1, 0.15) is 5.69 Å². The Morgan fingerprint density at radius 3 is 2.32 bits per heavy atom. The summed E-state index contributed by atoms with van der Waals surface area (Å²) in [5.41, 5.74) is 3.10. The van der Waals surface area contributed by atoms with Crippen molar-refractivity contribution in [2.24, 2.45) is 0 Å². The van der Waals surface area contributed by atoms with Crippen LogP contribution >= 0.6 is 12.2 Å². The number of carbonyl (C=O) groups is 2. The molecule has 142 valence electrons. The van der Waals surface area contributed by atoms with Gasteiger partial charge in [-0.3, -0.25) is 10.1 Å². The second-order valence-corrected chi connectivity index (χ2v) is 6.40. The summed E-state index contributed by atoms with van der Waals surface area (Å²) < 4.78 is 4.83. The number of rotatable bonds is 5. The Kier molecular flexibility index (Phi) is 6.18. The molecule has 0 aliphatic rings. The van der Waals surface area contributed by atoms with Crippen molar-refractivity contribution in [3.8, 4) is 0 Å². The summed E-state index contributed by atoms with van der Waals surface area (Å²) in [5, 5.41) is 5.68. The Hall–Kier alpha value is -3.45. The first-order valence-electron chi connectivity index (χ1n) is 8.58. The average Bonchev–Trinajstić information content (AvgIpc) is 3.10. The molecule has 3 rings (SSSR count). The summed E-state index contributed by atoms with van der Waals surface area (Å²) >= 11 is 5.28. The van der Waals surface area contributed by atoms with Crippen molar-refractivity contribution in [3.05, 3.63) is 89.2 Å². The number of aromatic amines is 1. The number of thiocarbonyl (C=S) groups is 1. The van der Waals surface area contributed by atoms with E-state index in [-0.39, 0.29) is 16.7 Å². The highest BCUT2D eigenvalue weighted by Gasteiger charge is 2.20. The molecule has 1 heterocycles. The topological polar surface area (TPSA) is 83.2 Å². The van der Waals surface area contributed by atoms with E-state index in [0.717, 1.165) is 11.1 Å². The summed E-state index contributed by atoms with van der Waals surface area (Å²) in [6.07, 6.45) is 2.30. The van der Waals surface area contributed by atoms with Crippen molar-refractivity contribution in [3.63, 3.8) is 0 Å². The first-order chi connectivity index (χ1) is 13.6. The van der Waals surface area contributed by atoms with Crippen LogP contribution in [0, 0.1) is 0 Å². The number of anilines is 1. The van der Waals surface area contributed by atoms with Gasteiger partial charge in [0.15, 0.2) is 5.11 Å². The maximum absolute atomic E-state index is 12.3. The van der Waals surface area contributed by atoms with Crippen LogP contribution in [0.1, 0.15) is 32.0 Å². The van der Waals surface area contributed by atoms with Crippen molar-refractivity contribution in [1.29, 1.82) is 0 Å². The Labute approximate surface area is 167 Å². The Bertz CT molecular complexity index is 985.